The molecule has 0 saturated carbocycles. The van der Waals surface area contributed by atoms with Crippen molar-refractivity contribution >= 4 is 27.4 Å². The van der Waals surface area contributed by atoms with Crippen molar-refractivity contribution in [2.24, 2.45) is 0 Å². The Bertz CT molecular complexity index is 920. The van der Waals surface area contributed by atoms with Gasteiger partial charge in [-0.3, -0.25) is 4.98 Å². The van der Waals surface area contributed by atoms with Crippen LogP contribution in [0, 0.1) is 6.33 Å². The summed E-state index contributed by atoms with van der Waals surface area (Å²) in [5, 5.41) is 6.52. The number of pyridine rings is 1. The number of rotatable bonds is 4. The molecule has 5 heteroatoms. The minimum atomic E-state index is 0.616. The molecule has 0 unspecified atom stereocenters. The fourth-order valence-electron chi connectivity index (χ4n) is 2.47. The Balaban J connectivity index is 1.73. The summed E-state index contributed by atoms with van der Waals surface area (Å²) in [5.74, 6) is 0.792. The van der Waals surface area contributed by atoms with Gasteiger partial charge in [-0.15, -0.1) is 11.3 Å². The van der Waals surface area contributed by atoms with Crippen LogP contribution in [0.1, 0.15) is 5.69 Å². The second-order valence-corrected chi connectivity index (χ2v) is 5.90. The van der Waals surface area contributed by atoms with Gasteiger partial charge in [0.15, 0.2) is 0 Å². The highest BCUT2D eigenvalue weighted by atomic mass is 32.1. The first-order chi connectivity index (χ1) is 11.4. The van der Waals surface area contributed by atoms with E-state index in [1.165, 1.54) is 0 Å². The zero-order chi connectivity index (χ0) is 15.5. The zero-order valence-corrected chi connectivity index (χ0v) is 13.0. The maximum Gasteiger partial charge on any atom is 0.201 e. The predicted molar refractivity (Wildman–Crippen MR) is 93.3 cm³/mol. The van der Waals surface area contributed by atoms with Gasteiger partial charge in [0, 0.05) is 17.1 Å². The van der Waals surface area contributed by atoms with Crippen molar-refractivity contribution in [1.29, 1.82) is 0 Å². The van der Waals surface area contributed by atoms with E-state index in [4.69, 9.17) is 0 Å². The molecule has 1 radical (unpaired) electrons. The second kappa shape index (κ2) is 6.14. The molecule has 3 aromatic heterocycles. The van der Waals surface area contributed by atoms with Crippen molar-refractivity contribution in [3.63, 3.8) is 0 Å². The second-order valence-electron chi connectivity index (χ2n) is 5.04. The van der Waals surface area contributed by atoms with E-state index >= 15 is 0 Å². The predicted octanol–water partition coefficient (Wildman–Crippen LogP) is 4.17. The van der Waals surface area contributed by atoms with Crippen molar-refractivity contribution in [3.05, 3.63) is 72.1 Å². The van der Waals surface area contributed by atoms with Crippen LogP contribution in [0.25, 0.3) is 21.3 Å². The summed E-state index contributed by atoms with van der Waals surface area (Å²) in [6, 6.07) is 16.2. The van der Waals surface area contributed by atoms with Crippen molar-refractivity contribution < 1.29 is 0 Å². The lowest BCUT2D eigenvalue weighted by atomic mass is 10.1. The Kier molecular flexibility index (Phi) is 3.70. The molecule has 0 aliphatic rings. The summed E-state index contributed by atoms with van der Waals surface area (Å²) in [6.45, 7) is 0.616. The Morgan fingerprint density at radius 1 is 1.00 bits per heavy atom. The number of hydrogen-bond acceptors (Lipinski definition) is 5. The van der Waals surface area contributed by atoms with E-state index in [-0.39, 0.29) is 0 Å². The summed E-state index contributed by atoms with van der Waals surface area (Å²) in [4.78, 5) is 13.8. The fourth-order valence-corrected chi connectivity index (χ4v) is 3.37. The lowest BCUT2D eigenvalue weighted by molar-refractivity contribution is 1.03. The molecule has 4 aromatic rings. The van der Waals surface area contributed by atoms with Gasteiger partial charge in [-0.1, -0.05) is 36.4 Å². The first-order valence-electron chi connectivity index (χ1n) is 7.26. The number of thiophene rings is 1. The molecule has 3 heterocycles. The molecule has 23 heavy (non-hydrogen) atoms. The molecule has 1 N–H and O–H groups in total. The molecule has 0 spiro atoms. The molecule has 0 aliphatic carbocycles. The van der Waals surface area contributed by atoms with Crippen molar-refractivity contribution in [3.8, 4) is 11.1 Å². The van der Waals surface area contributed by atoms with E-state index in [1.807, 2.05) is 36.4 Å². The summed E-state index contributed by atoms with van der Waals surface area (Å²) < 4.78 is 0. The Morgan fingerprint density at radius 3 is 2.70 bits per heavy atom. The molecular formula is C18H13N4S. The molecule has 1 aromatic carbocycles. The lowest BCUT2D eigenvalue weighted by Crippen LogP contribution is -2.03. The molecule has 0 saturated heterocycles. The third kappa shape index (κ3) is 2.78. The van der Waals surface area contributed by atoms with E-state index in [1.54, 1.807) is 17.5 Å². The van der Waals surface area contributed by atoms with Gasteiger partial charge in [0.2, 0.25) is 6.33 Å². The van der Waals surface area contributed by atoms with Gasteiger partial charge in [-0.05, 0) is 17.7 Å². The summed E-state index contributed by atoms with van der Waals surface area (Å²) in [7, 11) is 0. The largest absolute Gasteiger partial charge is 0.364 e. The first-order valence-corrected chi connectivity index (χ1v) is 8.14. The van der Waals surface area contributed by atoms with Crippen molar-refractivity contribution in [2.75, 3.05) is 5.32 Å². The van der Waals surface area contributed by atoms with Gasteiger partial charge >= 0.3 is 0 Å². The molecule has 4 nitrogen and oxygen atoms in total. The van der Waals surface area contributed by atoms with Gasteiger partial charge in [0.1, 0.15) is 10.6 Å². The summed E-state index contributed by atoms with van der Waals surface area (Å²) in [5.41, 5.74) is 3.27. The van der Waals surface area contributed by atoms with Gasteiger partial charge in [-0.25, -0.2) is 9.97 Å². The number of fused-ring (bicyclic) bond motifs is 1. The molecule has 0 aliphatic heterocycles. The number of nitrogens with one attached hydrogen (secondary N) is 1. The normalized spacial score (nSPS) is 10.8. The molecule has 0 fully saturated rings. The van der Waals surface area contributed by atoms with Gasteiger partial charge in [-0.2, -0.15) is 0 Å². The number of nitrogens with zero attached hydrogens (tertiary/aromatic N) is 3. The van der Waals surface area contributed by atoms with Crippen LogP contribution in [0.3, 0.4) is 0 Å². The van der Waals surface area contributed by atoms with Crippen LogP contribution in [0.4, 0.5) is 5.82 Å². The molecule has 0 atom stereocenters. The topological polar surface area (TPSA) is 50.7 Å². The Morgan fingerprint density at radius 2 is 1.87 bits per heavy atom. The maximum absolute atomic E-state index is 4.33. The summed E-state index contributed by atoms with van der Waals surface area (Å²) >= 11 is 1.61. The standard InChI is InChI=1S/C18H13N4S/c1-2-6-13(7-3-1)15-11-23-18-16(15)17(21-12-22-18)20-10-14-8-4-5-9-19-14/h1-9,11H,10H2,(H,20,21,22). The molecule has 0 bridgehead atoms. The van der Waals surface area contributed by atoms with Crippen LogP contribution in [0.2, 0.25) is 0 Å². The quantitative estimate of drug-likeness (QED) is 0.614. The third-order valence-electron chi connectivity index (χ3n) is 3.57. The van der Waals surface area contributed by atoms with E-state index in [0.717, 1.165) is 32.9 Å². The minimum Gasteiger partial charge on any atom is -0.364 e. The minimum absolute atomic E-state index is 0.616. The zero-order valence-electron chi connectivity index (χ0n) is 12.2. The Labute approximate surface area is 137 Å². The average Bonchev–Trinajstić information content (AvgIpc) is 3.06. The number of hydrogen-bond donors (Lipinski definition) is 1. The van der Waals surface area contributed by atoms with Gasteiger partial charge in [0.05, 0.1) is 17.6 Å². The smallest absolute Gasteiger partial charge is 0.201 e. The van der Waals surface area contributed by atoms with Crippen LogP contribution in [0.15, 0.2) is 60.1 Å². The van der Waals surface area contributed by atoms with Crippen LogP contribution in [-0.4, -0.2) is 15.0 Å². The van der Waals surface area contributed by atoms with E-state index in [2.05, 4.69) is 44.1 Å². The molecule has 4 rings (SSSR count). The molecule has 0 amide bonds. The number of benzene rings is 1. The maximum atomic E-state index is 4.33. The van der Waals surface area contributed by atoms with E-state index in [0.29, 0.717) is 6.54 Å². The fraction of sp³-hybridized carbons (Fsp3) is 0.0556. The highest BCUT2D eigenvalue weighted by Gasteiger charge is 2.13. The Hall–Kier alpha value is -2.79. The monoisotopic (exact) mass is 317 g/mol. The van der Waals surface area contributed by atoms with E-state index < -0.39 is 0 Å². The van der Waals surface area contributed by atoms with E-state index in [9.17, 15) is 0 Å². The van der Waals surface area contributed by atoms with Crippen LogP contribution >= 0.6 is 11.3 Å². The third-order valence-corrected chi connectivity index (χ3v) is 4.44. The van der Waals surface area contributed by atoms with Crippen LogP contribution in [-0.2, 0) is 6.54 Å². The number of anilines is 1. The average molecular weight is 317 g/mol. The van der Waals surface area contributed by atoms with Gasteiger partial charge < -0.3 is 5.32 Å². The van der Waals surface area contributed by atoms with Crippen molar-refractivity contribution in [2.45, 2.75) is 6.54 Å². The first kappa shape index (κ1) is 13.8. The van der Waals surface area contributed by atoms with Gasteiger partial charge in [0.25, 0.3) is 0 Å². The molecular weight excluding hydrogens is 304 g/mol. The number of aromatic nitrogens is 3. The highest BCUT2D eigenvalue weighted by Crippen LogP contribution is 2.36. The van der Waals surface area contributed by atoms with Crippen molar-refractivity contribution in [1.82, 2.24) is 15.0 Å². The summed E-state index contributed by atoms with van der Waals surface area (Å²) in [6.07, 6.45) is 4.52. The van der Waals surface area contributed by atoms with Crippen LogP contribution < -0.4 is 5.32 Å². The molecule has 111 valence electrons. The van der Waals surface area contributed by atoms with Crippen LogP contribution in [0.5, 0.6) is 0 Å². The lowest BCUT2D eigenvalue weighted by Gasteiger charge is -2.07. The highest BCUT2D eigenvalue weighted by molar-refractivity contribution is 7.17. The SMILES string of the molecule is [c]1nc(NCc2ccccn2)c2c(-c3ccccc3)csc2n1.